The minimum Gasteiger partial charge on any atom is -0.474 e. The summed E-state index contributed by atoms with van der Waals surface area (Å²) in [5.41, 5.74) is 4.59. The Bertz CT molecular complexity index is 1340. The lowest BCUT2D eigenvalue weighted by Crippen LogP contribution is -2.39. The second-order valence-corrected chi connectivity index (χ2v) is 10.5. The molecule has 4 aromatic rings. The first kappa shape index (κ1) is 25.3. The molecule has 2 aliphatic rings. The summed E-state index contributed by atoms with van der Waals surface area (Å²) in [4.78, 5) is 8.88. The Labute approximate surface area is 224 Å². The molecule has 1 saturated heterocycles. The molecule has 7 nitrogen and oxygen atoms in total. The number of fused-ring (bicyclic) bond motifs is 3. The second kappa shape index (κ2) is 11.8. The standard InChI is InChI=1S/C31H37N3O4/c1-34-28-12-13-32-21-27(28)26-10-8-22(17-29(26)34)23-9-11-30(33-20-23)38-25-18-24(19-25)35-14-4-2-5-15-36-31-7-3-6-16-37-31/h8-13,17,20-21,24-25,31H,2-7,14-16,18-19H2,1H3. The van der Waals surface area contributed by atoms with Gasteiger partial charge in [-0.15, -0.1) is 0 Å². The molecule has 1 saturated carbocycles. The average molecular weight is 516 g/mol. The maximum atomic E-state index is 6.09. The number of unbranched alkanes of at least 4 members (excludes halogenated alkanes) is 2. The third kappa shape index (κ3) is 5.70. The Morgan fingerprint density at radius 1 is 0.868 bits per heavy atom. The second-order valence-electron chi connectivity index (χ2n) is 10.5. The lowest BCUT2D eigenvalue weighted by molar-refractivity contribution is -0.162. The van der Waals surface area contributed by atoms with Crippen molar-refractivity contribution in [3.05, 3.63) is 55.0 Å². The van der Waals surface area contributed by atoms with Crippen molar-refractivity contribution in [1.82, 2.24) is 14.5 Å². The molecular formula is C31H37N3O4. The highest BCUT2D eigenvalue weighted by Gasteiger charge is 2.31. The third-order valence-electron chi connectivity index (χ3n) is 7.80. The fraction of sp³-hybridized carbons (Fsp3) is 0.484. The van der Waals surface area contributed by atoms with Gasteiger partial charge in [0.2, 0.25) is 5.88 Å². The van der Waals surface area contributed by atoms with Crippen LogP contribution in [0.25, 0.3) is 32.9 Å². The minimum atomic E-state index is 0.0232. The van der Waals surface area contributed by atoms with Crippen LogP contribution in [0.3, 0.4) is 0 Å². The van der Waals surface area contributed by atoms with E-state index in [1.54, 1.807) is 0 Å². The molecule has 38 heavy (non-hydrogen) atoms. The summed E-state index contributed by atoms with van der Waals surface area (Å²) in [7, 11) is 2.10. The van der Waals surface area contributed by atoms with Crippen molar-refractivity contribution in [2.75, 3.05) is 19.8 Å². The van der Waals surface area contributed by atoms with Crippen molar-refractivity contribution < 1.29 is 18.9 Å². The van der Waals surface area contributed by atoms with E-state index in [0.717, 1.165) is 75.9 Å². The molecule has 2 fully saturated rings. The van der Waals surface area contributed by atoms with Gasteiger partial charge in [-0.1, -0.05) is 12.1 Å². The van der Waals surface area contributed by atoms with Gasteiger partial charge in [-0.3, -0.25) is 4.98 Å². The van der Waals surface area contributed by atoms with Crippen molar-refractivity contribution in [2.24, 2.45) is 7.05 Å². The molecule has 6 rings (SSSR count). The Morgan fingerprint density at radius 3 is 2.55 bits per heavy atom. The third-order valence-corrected chi connectivity index (χ3v) is 7.80. The van der Waals surface area contributed by atoms with Gasteiger partial charge in [-0.25, -0.2) is 4.98 Å². The van der Waals surface area contributed by atoms with E-state index in [9.17, 15) is 0 Å². The Balaban J connectivity index is 0.917. The van der Waals surface area contributed by atoms with Gasteiger partial charge in [0.1, 0.15) is 6.10 Å². The van der Waals surface area contributed by atoms with Crippen LogP contribution in [0.2, 0.25) is 0 Å². The van der Waals surface area contributed by atoms with Gasteiger partial charge in [0, 0.05) is 86.2 Å². The summed E-state index contributed by atoms with van der Waals surface area (Å²) in [5, 5.41) is 2.39. The summed E-state index contributed by atoms with van der Waals surface area (Å²) >= 11 is 0. The molecule has 1 unspecified atom stereocenters. The molecule has 1 atom stereocenters. The largest absolute Gasteiger partial charge is 0.474 e. The Kier molecular flexibility index (Phi) is 7.86. The Hall–Kier alpha value is -3.00. The van der Waals surface area contributed by atoms with Gasteiger partial charge in [-0.05, 0) is 62.3 Å². The highest BCUT2D eigenvalue weighted by Crippen LogP contribution is 2.32. The molecule has 1 aliphatic heterocycles. The molecule has 0 amide bonds. The van der Waals surface area contributed by atoms with E-state index in [1.165, 1.54) is 28.2 Å². The van der Waals surface area contributed by atoms with E-state index in [0.29, 0.717) is 12.0 Å². The Morgan fingerprint density at radius 2 is 1.74 bits per heavy atom. The monoisotopic (exact) mass is 515 g/mol. The molecule has 1 aromatic carbocycles. The van der Waals surface area contributed by atoms with Crippen LogP contribution in [0.4, 0.5) is 0 Å². The number of aryl methyl sites for hydroxylation is 1. The molecule has 0 radical (unpaired) electrons. The molecule has 3 aromatic heterocycles. The van der Waals surface area contributed by atoms with Crippen LogP contribution in [-0.2, 0) is 21.3 Å². The maximum Gasteiger partial charge on any atom is 0.213 e. The SMILES string of the molecule is Cn1c2ccncc2c2ccc(-c3ccc(OC4CC(OCCCCCOC5CCCCO5)C4)nc3)cc21. The molecule has 0 bridgehead atoms. The number of ether oxygens (including phenoxy) is 4. The zero-order valence-electron chi connectivity index (χ0n) is 22.2. The van der Waals surface area contributed by atoms with Crippen molar-refractivity contribution in [2.45, 2.75) is 69.9 Å². The number of pyridine rings is 2. The summed E-state index contributed by atoms with van der Waals surface area (Å²) in [6.07, 6.45) is 14.7. The lowest BCUT2D eigenvalue weighted by Gasteiger charge is -2.34. The molecule has 4 heterocycles. The number of hydrogen-bond donors (Lipinski definition) is 0. The van der Waals surface area contributed by atoms with Crippen LogP contribution in [0.1, 0.15) is 51.4 Å². The number of benzene rings is 1. The fourth-order valence-corrected chi connectivity index (χ4v) is 5.46. The van der Waals surface area contributed by atoms with Gasteiger partial charge in [0.05, 0.1) is 11.6 Å². The lowest BCUT2D eigenvalue weighted by atomic mass is 9.92. The number of aromatic nitrogens is 3. The highest BCUT2D eigenvalue weighted by atomic mass is 16.7. The van der Waals surface area contributed by atoms with Crippen LogP contribution in [0, 0.1) is 0 Å². The van der Waals surface area contributed by atoms with Crippen molar-refractivity contribution >= 4 is 21.8 Å². The predicted molar refractivity (Wildman–Crippen MR) is 148 cm³/mol. The highest BCUT2D eigenvalue weighted by molar-refractivity contribution is 6.08. The topological polar surface area (TPSA) is 67.6 Å². The maximum absolute atomic E-state index is 6.09. The van der Waals surface area contributed by atoms with Crippen molar-refractivity contribution in [3.8, 4) is 17.0 Å². The van der Waals surface area contributed by atoms with Crippen LogP contribution < -0.4 is 4.74 Å². The van der Waals surface area contributed by atoms with E-state index in [-0.39, 0.29) is 12.4 Å². The molecule has 0 N–H and O–H groups in total. The summed E-state index contributed by atoms with van der Waals surface area (Å²) in [6, 6.07) is 12.7. The van der Waals surface area contributed by atoms with Crippen LogP contribution in [0.5, 0.6) is 5.88 Å². The van der Waals surface area contributed by atoms with E-state index in [4.69, 9.17) is 18.9 Å². The number of rotatable bonds is 11. The van der Waals surface area contributed by atoms with Gasteiger partial charge in [0.25, 0.3) is 0 Å². The number of nitrogens with zero attached hydrogens (tertiary/aromatic N) is 3. The predicted octanol–water partition coefficient (Wildman–Crippen LogP) is 6.43. The van der Waals surface area contributed by atoms with Gasteiger partial charge in [-0.2, -0.15) is 0 Å². The first-order valence-corrected chi connectivity index (χ1v) is 14.0. The zero-order valence-corrected chi connectivity index (χ0v) is 22.2. The van der Waals surface area contributed by atoms with E-state index in [2.05, 4.69) is 51.9 Å². The van der Waals surface area contributed by atoms with E-state index >= 15 is 0 Å². The van der Waals surface area contributed by atoms with Crippen molar-refractivity contribution in [3.63, 3.8) is 0 Å². The van der Waals surface area contributed by atoms with Gasteiger partial charge >= 0.3 is 0 Å². The van der Waals surface area contributed by atoms with Crippen LogP contribution >= 0.6 is 0 Å². The van der Waals surface area contributed by atoms with E-state index in [1.807, 2.05) is 24.7 Å². The quantitative estimate of drug-likeness (QED) is 0.215. The average Bonchev–Trinajstić information content (AvgIpc) is 3.23. The van der Waals surface area contributed by atoms with Crippen molar-refractivity contribution in [1.29, 1.82) is 0 Å². The fourth-order valence-electron chi connectivity index (χ4n) is 5.46. The summed E-state index contributed by atoms with van der Waals surface area (Å²) < 4.78 is 25.7. The van der Waals surface area contributed by atoms with E-state index < -0.39 is 0 Å². The zero-order chi connectivity index (χ0) is 25.7. The molecule has 7 heteroatoms. The molecule has 1 aliphatic carbocycles. The van der Waals surface area contributed by atoms with Crippen LogP contribution in [-0.4, -0.2) is 52.9 Å². The number of hydrogen-bond acceptors (Lipinski definition) is 6. The minimum absolute atomic E-state index is 0.0232. The summed E-state index contributed by atoms with van der Waals surface area (Å²) in [6.45, 7) is 2.43. The first-order valence-electron chi connectivity index (χ1n) is 14.0. The molecular weight excluding hydrogens is 478 g/mol. The van der Waals surface area contributed by atoms with Gasteiger partial charge in [0.15, 0.2) is 6.29 Å². The van der Waals surface area contributed by atoms with Gasteiger partial charge < -0.3 is 23.5 Å². The first-order chi connectivity index (χ1) is 18.7. The normalized spacial score (nSPS) is 21.6. The molecule has 200 valence electrons. The smallest absolute Gasteiger partial charge is 0.213 e. The van der Waals surface area contributed by atoms with Crippen LogP contribution in [0.15, 0.2) is 55.0 Å². The summed E-state index contributed by atoms with van der Waals surface area (Å²) in [5.74, 6) is 0.677. The molecule has 0 spiro atoms.